The van der Waals surface area contributed by atoms with Crippen LogP contribution in [0.25, 0.3) is 22.5 Å². The van der Waals surface area contributed by atoms with E-state index in [4.69, 9.17) is 29.9 Å². The van der Waals surface area contributed by atoms with E-state index in [-0.39, 0.29) is 6.10 Å². The highest BCUT2D eigenvalue weighted by atomic mass is 16.5. The number of nitrogens with zero attached hydrogens (tertiary/aromatic N) is 7. The van der Waals surface area contributed by atoms with Crippen molar-refractivity contribution in [1.82, 2.24) is 25.1 Å². The minimum Gasteiger partial charge on any atom is -0.404 e. The van der Waals surface area contributed by atoms with Gasteiger partial charge in [-0.3, -0.25) is 4.99 Å². The van der Waals surface area contributed by atoms with Crippen LogP contribution in [0.5, 0.6) is 0 Å². The number of aromatic nitrogens is 5. The summed E-state index contributed by atoms with van der Waals surface area (Å²) in [4.78, 5) is 25.7. The molecule has 1 atom stereocenters. The third-order valence-corrected chi connectivity index (χ3v) is 6.84. The van der Waals surface area contributed by atoms with E-state index in [0.29, 0.717) is 48.9 Å². The molecule has 0 amide bonds. The fourth-order valence-electron chi connectivity index (χ4n) is 5.02. The summed E-state index contributed by atoms with van der Waals surface area (Å²) < 4.78 is 11.4. The van der Waals surface area contributed by atoms with Crippen molar-refractivity contribution in [3.8, 4) is 11.5 Å². The van der Waals surface area contributed by atoms with Crippen molar-refractivity contribution >= 4 is 23.2 Å². The SMILES string of the molecule is CN=C/C(=C\N)C1CN(c2nc(C3CCCCC3)c3cc(-c4nc(C)no4)c(C)nc3n2)CCO1. The zero-order chi connectivity index (χ0) is 24.4. The maximum atomic E-state index is 5.98. The summed E-state index contributed by atoms with van der Waals surface area (Å²) >= 11 is 0. The highest BCUT2D eigenvalue weighted by molar-refractivity contribution is 5.84. The third-order valence-electron chi connectivity index (χ3n) is 6.84. The van der Waals surface area contributed by atoms with Crippen LogP contribution in [0.2, 0.25) is 0 Å². The second-order valence-corrected chi connectivity index (χ2v) is 9.24. The Kier molecular flexibility index (Phi) is 6.72. The van der Waals surface area contributed by atoms with Gasteiger partial charge < -0.3 is 19.9 Å². The number of hydrogen-bond donors (Lipinski definition) is 1. The van der Waals surface area contributed by atoms with Crippen LogP contribution in [0.3, 0.4) is 0 Å². The molecule has 3 aromatic heterocycles. The summed E-state index contributed by atoms with van der Waals surface area (Å²) in [6, 6.07) is 2.08. The summed E-state index contributed by atoms with van der Waals surface area (Å²) in [7, 11) is 1.73. The molecule has 2 fully saturated rings. The van der Waals surface area contributed by atoms with Crippen molar-refractivity contribution in [2.45, 2.75) is 58.0 Å². The van der Waals surface area contributed by atoms with Gasteiger partial charge in [-0.2, -0.15) is 9.97 Å². The standard InChI is InChI=1S/C25H32N8O2/c1-15-19(24-29-16(2)32-35-24)11-20-22(17-7-5-4-6-8-17)30-25(31-23(20)28-15)33-9-10-34-21(14-33)18(12-26)13-27-3/h11-13,17,21H,4-10,14,26H2,1-3H3/b18-12+,27-13?. The predicted molar refractivity (Wildman–Crippen MR) is 135 cm³/mol. The van der Waals surface area contributed by atoms with Gasteiger partial charge in [-0.15, -0.1) is 0 Å². The lowest BCUT2D eigenvalue weighted by Crippen LogP contribution is -2.44. The molecule has 1 saturated heterocycles. The highest BCUT2D eigenvalue weighted by Crippen LogP contribution is 2.37. The molecule has 3 aromatic rings. The van der Waals surface area contributed by atoms with E-state index < -0.39 is 0 Å². The Morgan fingerprint density at radius 2 is 1.97 bits per heavy atom. The quantitative estimate of drug-likeness (QED) is 0.550. The van der Waals surface area contributed by atoms with E-state index >= 15 is 0 Å². The fourth-order valence-corrected chi connectivity index (χ4v) is 5.02. The Balaban J connectivity index is 1.59. The molecule has 0 aromatic carbocycles. The Bertz CT molecular complexity index is 1260. The van der Waals surface area contributed by atoms with E-state index in [9.17, 15) is 0 Å². The monoisotopic (exact) mass is 476 g/mol. The first-order chi connectivity index (χ1) is 17.1. The lowest BCUT2D eigenvalue weighted by molar-refractivity contribution is 0.0673. The predicted octanol–water partition coefficient (Wildman–Crippen LogP) is 3.49. The van der Waals surface area contributed by atoms with E-state index in [0.717, 1.165) is 40.8 Å². The number of rotatable bonds is 5. The minimum atomic E-state index is -0.187. The molecule has 0 radical (unpaired) electrons. The third kappa shape index (κ3) is 4.75. The van der Waals surface area contributed by atoms with E-state index in [1.165, 1.54) is 19.3 Å². The van der Waals surface area contributed by atoms with Crippen LogP contribution in [0.4, 0.5) is 5.95 Å². The van der Waals surface area contributed by atoms with Gasteiger partial charge in [0.15, 0.2) is 11.5 Å². The first kappa shape index (κ1) is 23.3. The largest absolute Gasteiger partial charge is 0.404 e. The van der Waals surface area contributed by atoms with Crippen molar-refractivity contribution in [1.29, 1.82) is 0 Å². The molecule has 1 unspecified atom stereocenters. The summed E-state index contributed by atoms with van der Waals surface area (Å²) in [5.41, 5.74) is 10.1. The van der Waals surface area contributed by atoms with Crippen molar-refractivity contribution in [2.75, 3.05) is 31.6 Å². The van der Waals surface area contributed by atoms with Crippen molar-refractivity contribution in [2.24, 2.45) is 10.7 Å². The molecule has 1 saturated carbocycles. The Labute approximate surface area is 204 Å². The number of hydrogen-bond acceptors (Lipinski definition) is 10. The zero-order valence-corrected chi connectivity index (χ0v) is 20.6. The number of pyridine rings is 1. The number of fused-ring (bicyclic) bond motifs is 1. The van der Waals surface area contributed by atoms with Crippen molar-refractivity contribution in [3.63, 3.8) is 0 Å². The summed E-state index contributed by atoms with van der Waals surface area (Å²) in [6.07, 6.45) is 9.04. The molecule has 2 aliphatic rings. The van der Waals surface area contributed by atoms with Gasteiger partial charge >= 0.3 is 0 Å². The number of aliphatic imine (C=N–C) groups is 1. The van der Waals surface area contributed by atoms with E-state index in [1.54, 1.807) is 19.5 Å². The minimum absolute atomic E-state index is 0.187. The maximum absolute atomic E-state index is 5.98. The van der Waals surface area contributed by atoms with Gasteiger partial charge in [0.2, 0.25) is 5.95 Å². The number of anilines is 1. The second kappa shape index (κ2) is 10.1. The molecule has 35 heavy (non-hydrogen) atoms. The average molecular weight is 477 g/mol. The molecule has 1 aliphatic heterocycles. The molecule has 184 valence electrons. The van der Waals surface area contributed by atoms with Crippen LogP contribution < -0.4 is 10.6 Å². The Hall–Kier alpha value is -3.40. The first-order valence-electron chi connectivity index (χ1n) is 12.3. The lowest BCUT2D eigenvalue weighted by Gasteiger charge is -2.34. The van der Waals surface area contributed by atoms with Crippen molar-refractivity contribution < 1.29 is 9.26 Å². The lowest BCUT2D eigenvalue weighted by atomic mass is 9.85. The molecule has 0 spiro atoms. The molecule has 10 nitrogen and oxygen atoms in total. The normalized spacial score (nSPS) is 20.3. The Morgan fingerprint density at radius 1 is 1.14 bits per heavy atom. The molecule has 5 rings (SSSR count). The molecule has 1 aliphatic carbocycles. The van der Waals surface area contributed by atoms with Gasteiger partial charge in [-0.1, -0.05) is 24.4 Å². The van der Waals surface area contributed by atoms with Crippen LogP contribution in [-0.4, -0.2) is 64.2 Å². The number of aryl methyl sites for hydroxylation is 2. The van der Waals surface area contributed by atoms with E-state index in [1.807, 2.05) is 13.8 Å². The summed E-state index contributed by atoms with van der Waals surface area (Å²) in [5, 5.41) is 4.92. The average Bonchev–Trinajstić information content (AvgIpc) is 3.32. The Morgan fingerprint density at radius 3 is 2.69 bits per heavy atom. The van der Waals surface area contributed by atoms with Crippen molar-refractivity contribution in [3.05, 3.63) is 35.1 Å². The van der Waals surface area contributed by atoms with E-state index in [2.05, 4.69) is 26.1 Å². The topological polar surface area (TPSA) is 128 Å². The summed E-state index contributed by atoms with van der Waals surface area (Å²) in [6.45, 7) is 5.62. The molecule has 10 heteroatoms. The number of morpholine rings is 1. The fraction of sp³-hybridized carbons (Fsp3) is 0.520. The van der Waals surface area contributed by atoms with Crippen LogP contribution in [-0.2, 0) is 4.74 Å². The molecule has 0 bridgehead atoms. The van der Waals surface area contributed by atoms with Gasteiger partial charge in [0.1, 0.15) is 6.10 Å². The van der Waals surface area contributed by atoms with Gasteiger partial charge in [0, 0.05) is 42.9 Å². The maximum Gasteiger partial charge on any atom is 0.259 e. The smallest absolute Gasteiger partial charge is 0.259 e. The van der Waals surface area contributed by atoms with Crippen LogP contribution in [0, 0.1) is 13.8 Å². The van der Waals surface area contributed by atoms with Crippen LogP contribution in [0.15, 0.2) is 27.4 Å². The number of nitrogens with two attached hydrogens (primary N) is 1. The molecular weight excluding hydrogens is 444 g/mol. The highest BCUT2D eigenvalue weighted by Gasteiger charge is 2.28. The molecule has 2 N–H and O–H groups in total. The van der Waals surface area contributed by atoms with Gasteiger partial charge in [-0.05, 0) is 32.8 Å². The molecule has 4 heterocycles. The first-order valence-corrected chi connectivity index (χ1v) is 12.3. The summed E-state index contributed by atoms with van der Waals surface area (Å²) in [5.74, 6) is 2.13. The van der Waals surface area contributed by atoms with Gasteiger partial charge in [-0.25, -0.2) is 9.97 Å². The number of ether oxygens (including phenoxy) is 1. The second-order valence-electron chi connectivity index (χ2n) is 9.24. The van der Waals surface area contributed by atoms with Gasteiger partial charge in [0.25, 0.3) is 5.89 Å². The molecular formula is C25H32N8O2. The van der Waals surface area contributed by atoms with Crippen LogP contribution >= 0.6 is 0 Å². The van der Waals surface area contributed by atoms with Crippen LogP contribution in [0.1, 0.15) is 55.2 Å². The van der Waals surface area contributed by atoms with Gasteiger partial charge in [0.05, 0.1) is 30.1 Å². The zero-order valence-electron chi connectivity index (χ0n) is 20.6.